The van der Waals surface area contributed by atoms with E-state index < -0.39 is 0 Å². The average Bonchev–Trinajstić information content (AvgIpc) is 3.02. The number of aryl methyl sites for hydroxylation is 1. The first-order valence-corrected chi connectivity index (χ1v) is 7.34. The molecule has 2 bridgehead atoms. The number of fused-ring (bicyclic) bond motifs is 2. The highest BCUT2D eigenvalue weighted by molar-refractivity contribution is 6.00. The lowest BCUT2D eigenvalue weighted by Crippen LogP contribution is -2.38. The minimum atomic E-state index is 0.215. The van der Waals surface area contributed by atoms with Gasteiger partial charge in [-0.1, -0.05) is 11.6 Å². The molecular weight excluding hydrogens is 236 g/mol. The number of anilines is 1. The predicted octanol–water partition coefficient (Wildman–Crippen LogP) is 3.05. The molecule has 2 fully saturated rings. The van der Waals surface area contributed by atoms with Gasteiger partial charge in [0.05, 0.1) is 5.56 Å². The third-order valence-corrected chi connectivity index (χ3v) is 4.44. The quantitative estimate of drug-likeness (QED) is 0.903. The molecule has 3 rings (SSSR count). The summed E-state index contributed by atoms with van der Waals surface area (Å²) >= 11 is 0. The van der Waals surface area contributed by atoms with E-state index in [9.17, 15) is 4.79 Å². The molecular formula is C16H22N2O. The van der Waals surface area contributed by atoms with E-state index in [4.69, 9.17) is 0 Å². The van der Waals surface area contributed by atoms with Crippen molar-refractivity contribution in [2.24, 2.45) is 5.92 Å². The highest BCUT2D eigenvalue weighted by Crippen LogP contribution is 2.38. The fourth-order valence-electron chi connectivity index (χ4n) is 3.51. The first-order valence-electron chi connectivity index (χ1n) is 7.34. The first kappa shape index (κ1) is 12.5. The maximum absolute atomic E-state index is 12.8. The van der Waals surface area contributed by atoms with Crippen molar-refractivity contribution in [3.8, 4) is 0 Å². The van der Waals surface area contributed by atoms with Crippen LogP contribution in [-0.2, 0) is 0 Å². The molecule has 1 aromatic carbocycles. The van der Waals surface area contributed by atoms with Crippen molar-refractivity contribution in [2.75, 3.05) is 18.4 Å². The second-order valence-corrected chi connectivity index (χ2v) is 5.87. The fourth-order valence-corrected chi connectivity index (χ4v) is 3.51. The Balaban J connectivity index is 1.88. The van der Waals surface area contributed by atoms with Crippen LogP contribution in [-0.4, -0.2) is 29.9 Å². The Morgan fingerprint density at radius 1 is 1.42 bits per heavy atom. The van der Waals surface area contributed by atoms with Gasteiger partial charge in [-0.3, -0.25) is 4.79 Å². The maximum Gasteiger partial charge on any atom is 0.256 e. The van der Waals surface area contributed by atoms with Crippen LogP contribution in [0.5, 0.6) is 0 Å². The molecule has 2 unspecified atom stereocenters. The number of carbonyl (C=O) groups is 1. The monoisotopic (exact) mass is 258 g/mol. The molecule has 0 aromatic heterocycles. The van der Waals surface area contributed by atoms with Gasteiger partial charge >= 0.3 is 0 Å². The summed E-state index contributed by atoms with van der Waals surface area (Å²) in [5.41, 5.74) is 2.96. The van der Waals surface area contributed by atoms with E-state index in [2.05, 4.69) is 23.2 Å². The van der Waals surface area contributed by atoms with Crippen LogP contribution in [0.1, 0.15) is 42.1 Å². The highest BCUT2D eigenvalue weighted by atomic mass is 16.2. The zero-order valence-electron chi connectivity index (χ0n) is 11.8. The van der Waals surface area contributed by atoms with Gasteiger partial charge in [-0.15, -0.1) is 0 Å². The van der Waals surface area contributed by atoms with Crippen LogP contribution in [0.25, 0.3) is 0 Å². The van der Waals surface area contributed by atoms with Crippen LogP contribution >= 0.6 is 0 Å². The number of carbonyl (C=O) groups excluding carboxylic acids is 1. The SMILES string of the molecule is CCNc1ccc(C)cc1C(=O)N1CC2CCC1C2. The summed E-state index contributed by atoms with van der Waals surface area (Å²) in [5.74, 6) is 0.966. The number of benzene rings is 1. The Hall–Kier alpha value is -1.51. The summed E-state index contributed by atoms with van der Waals surface area (Å²) in [6, 6.07) is 6.60. The van der Waals surface area contributed by atoms with Crippen LogP contribution in [0.4, 0.5) is 5.69 Å². The van der Waals surface area contributed by atoms with Gasteiger partial charge in [-0.05, 0) is 51.2 Å². The van der Waals surface area contributed by atoms with E-state index in [0.29, 0.717) is 6.04 Å². The molecule has 1 amide bonds. The Morgan fingerprint density at radius 3 is 2.89 bits per heavy atom. The van der Waals surface area contributed by atoms with Gasteiger partial charge in [0.2, 0.25) is 0 Å². The highest BCUT2D eigenvalue weighted by Gasteiger charge is 2.40. The van der Waals surface area contributed by atoms with E-state index >= 15 is 0 Å². The normalized spacial score (nSPS) is 24.8. The lowest BCUT2D eigenvalue weighted by atomic mass is 10.1. The minimum absolute atomic E-state index is 0.215. The molecule has 1 saturated carbocycles. The number of piperidine rings is 1. The lowest BCUT2D eigenvalue weighted by Gasteiger charge is -2.28. The fraction of sp³-hybridized carbons (Fsp3) is 0.562. The molecule has 1 aliphatic heterocycles. The van der Waals surface area contributed by atoms with Gasteiger partial charge < -0.3 is 10.2 Å². The minimum Gasteiger partial charge on any atom is -0.385 e. The van der Waals surface area contributed by atoms with Crippen molar-refractivity contribution in [1.82, 2.24) is 4.90 Å². The van der Waals surface area contributed by atoms with Gasteiger partial charge in [0, 0.05) is 24.8 Å². The number of amides is 1. The van der Waals surface area contributed by atoms with Crippen molar-refractivity contribution in [3.63, 3.8) is 0 Å². The predicted molar refractivity (Wildman–Crippen MR) is 77.5 cm³/mol. The van der Waals surface area contributed by atoms with Crippen LogP contribution < -0.4 is 5.32 Å². The van der Waals surface area contributed by atoms with Gasteiger partial charge in [0.1, 0.15) is 0 Å². The van der Waals surface area contributed by atoms with E-state index in [1.807, 2.05) is 19.1 Å². The van der Waals surface area contributed by atoms with E-state index in [-0.39, 0.29) is 5.91 Å². The van der Waals surface area contributed by atoms with Gasteiger partial charge in [0.15, 0.2) is 0 Å². The van der Waals surface area contributed by atoms with Gasteiger partial charge in [-0.25, -0.2) is 0 Å². The molecule has 1 N–H and O–H groups in total. The second kappa shape index (κ2) is 4.87. The number of nitrogens with zero attached hydrogens (tertiary/aromatic N) is 1. The molecule has 1 aromatic rings. The van der Waals surface area contributed by atoms with Gasteiger partial charge in [0.25, 0.3) is 5.91 Å². The summed E-state index contributed by atoms with van der Waals surface area (Å²) in [6.07, 6.45) is 3.72. The summed E-state index contributed by atoms with van der Waals surface area (Å²) < 4.78 is 0. The average molecular weight is 258 g/mol. The third-order valence-electron chi connectivity index (χ3n) is 4.44. The molecule has 19 heavy (non-hydrogen) atoms. The molecule has 0 radical (unpaired) electrons. The summed E-state index contributed by atoms with van der Waals surface area (Å²) in [6.45, 7) is 5.91. The van der Waals surface area contributed by atoms with Crippen molar-refractivity contribution >= 4 is 11.6 Å². The molecule has 102 valence electrons. The Labute approximate surface area is 115 Å². The lowest BCUT2D eigenvalue weighted by molar-refractivity contribution is 0.0704. The molecule has 0 spiro atoms. The van der Waals surface area contributed by atoms with Crippen LogP contribution in [0.15, 0.2) is 18.2 Å². The smallest absolute Gasteiger partial charge is 0.256 e. The molecule has 3 nitrogen and oxygen atoms in total. The number of nitrogens with one attached hydrogen (secondary N) is 1. The number of hydrogen-bond donors (Lipinski definition) is 1. The number of hydrogen-bond acceptors (Lipinski definition) is 2. The standard InChI is InChI=1S/C16H22N2O/c1-3-17-15-7-4-11(2)8-14(15)16(19)18-10-12-5-6-13(18)9-12/h4,7-8,12-13,17H,3,5-6,9-10H2,1-2H3. The molecule has 3 heteroatoms. The molecule has 1 aliphatic carbocycles. The Morgan fingerprint density at radius 2 is 2.26 bits per heavy atom. The van der Waals surface area contributed by atoms with Crippen LogP contribution in [0, 0.1) is 12.8 Å². The maximum atomic E-state index is 12.8. The Kier molecular flexibility index (Phi) is 3.21. The van der Waals surface area contributed by atoms with E-state index in [1.165, 1.54) is 19.3 Å². The summed E-state index contributed by atoms with van der Waals surface area (Å²) in [4.78, 5) is 14.9. The zero-order chi connectivity index (χ0) is 13.4. The third kappa shape index (κ3) is 2.22. The zero-order valence-corrected chi connectivity index (χ0v) is 11.8. The summed E-state index contributed by atoms with van der Waals surface area (Å²) in [7, 11) is 0. The summed E-state index contributed by atoms with van der Waals surface area (Å²) in [5, 5.41) is 3.30. The van der Waals surface area contributed by atoms with Crippen molar-refractivity contribution < 1.29 is 4.79 Å². The second-order valence-electron chi connectivity index (χ2n) is 5.87. The topological polar surface area (TPSA) is 32.3 Å². The largest absolute Gasteiger partial charge is 0.385 e. The van der Waals surface area contributed by atoms with Gasteiger partial charge in [-0.2, -0.15) is 0 Å². The van der Waals surface area contributed by atoms with Crippen LogP contribution in [0.3, 0.4) is 0 Å². The number of likely N-dealkylation sites (tertiary alicyclic amines) is 1. The molecule has 1 saturated heterocycles. The molecule has 1 heterocycles. The molecule has 2 aliphatic rings. The Bertz CT molecular complexity index is 498. The van der Waals surface area contributed by atoms with E-state index in [0.717, 1.165) is 35.8 Å². The number of rotatable bonds is 3. The van der Waals surface area contributed by atoms with Crippen molar-refractivity contribution in [2.45, 2.75) is 39.2 Å². The molecule has 2 atom stereocenters. The van der Waals surface area contributed by atoms with Crippen LogP contribution in [0.2, 0.25) is 0 Å². The van der Waals surface area contributed by atoms with Crippen molar-refractivity contribution in [3.05, 3.63) is 29.3 Å². The van der Waals surface area contributed by atoms with E-state index in [1.54, 1.807) is 0 Å². The van der Waals surface area contributed by atoms with Crippen molar-refractivity contribution in [1.29, 1.82) is 0 Å². The first-order chi connectivity index (χ1) is 9.19.